The van der Waals surface area contributed by atoms with Crippen LogP contribution in [0.2, 0.25) is 5.02 Å². The average Bonchev–Trinajstić information content (AvgIpc) is 3.28. The van der Waals surface area contributed by atoms with E-state index in [4.69, 9.17) is 25.5 Å². The molecule has 0 aliphatic carbocycles. The number of halogens is 1. The Labute approximate surface area is 145 Å². The molecule has 1 atom stereocenters. The fourth-order valence-corrected chi connectivity index (χ4v) is 3.45. The molecule has 2 aliphatic heterocycles. The smallest absolute Gasteiger partial charge is 0.247 e. The predicted molar refractivity (Wildman–Crippen MR) is 88.5 cm³/mol. The molecule has 0 amide bonds. The summed E-state index contributed by atoms with van der Waals surface area (Å²) in [5, 5.41) is 9.04. The summed E-state index contributed by atoms with van der Waals surface area (Å²) in [6.07, 6.45) is 3.30. The fraction of sp³-hybridized carbons (Fsp3) is 0.529. The monoisotopic (exact) mass is 349 g/mol. The van der Waals surface area contributed by atoms with Crippen molar-refractivity contribution in [2.75, 3.05) is 19.8 Å². The van der Waals surface area contributed by atoms with Crippen molar-refractivity contribution in [2.24, 2.45) is 0 Å². The van der Waals surface area contributed by atoms with Gasteiger partial charge in [0, 0.05) is 10.6 Å². The molecule has 0 saturated carbocycles. The molecule has 3 heterocycles. The molecule has 4 rings (SSSR count). The molecule has 0 radical (unpaired) electrons. The second-order valence-electron chi connectivity index (χ2n) is 6.15. The van der Waals surface area contributed by atoms with Gasteiger partial charge in [0.15, 0.2) is 6.29 Å². The van der Waals surface area contributed by atoms with Crippen LogP contribution in [-0.2, 0) is 16.0 Å². The third-order valence-corrected chi connectivity index (χ3v) is 4.77. The standard InChI is InChI=1S/C17H20ClN3O3/c18-13-6-4-12(5-7-13)16-20-19-15(24-16)11-21-8-2-1-3-14(21)17-22-9-10-23-17/h4-7,14,17H,1-3,8-11H2/t14-/m1/s1. The van der Waals surface area contributed by atoms with E-state index < -0.39 is 0 Å². The highest BCUT2D eigenvalue weighted by molar-refractivity contribution is 6.30. The zero-order valence-electron chi connectivity index (χ0n) is 13.4. The van der Waals surface area contributed by atoms with E-state index in [1.54, 1.807) is 0 Å². The second kappa shape index (κ2) is 7.19. The first-order valence-corrected chi connectivity index (χ1v) is 8.73. The highest BCUT2D eigenvalue weighted by Gasteiger charge is 2.34. The number of hydrogen-bond donors (Lipinski definition) is 0. The van der Waals surface area contributed by atoms with Gasteiger partial charge in [0.05, 0.1) is 25.8 Å². The molecule has 0 bridgehead atoms. The predicted octanol–water partition coefficient (Wildman–Crippen LogP) is 3.12. The first-order valence-electron chi connectivity index (χ1n) is 8.35. The number of hydrogen-bond acceptors (Lipinski definition) is 6. The number of piperidine rings is 1. The van der Waals surface area contributed by atoms with Crippen LogP contribution in [0.1, 0.15) is 25.2 Å². The van der Waals surface area contributed by atoms with E-state index in [0.29, 0.717) is 36.6 Å². The van der Waals surface area contributed by atoms with Crippen molar-refractivity contribution in [3.63, 3.8) is 0 Å². The molecule has 0 unspecified atom stereocenters. The van der Waals surface area contributed by atoms with Crippen LogP contribution in [0.5, 0.6) is 0 Å². The molecule has 2 aliphatic rings. The Balaban J connectivity index is 1.46. The van der Waals surface area contributed by atoms with Gasteiger partial charge in [-0.2, -0.15) is 0 Å². The van der Waals surface area contributed by atoms with Gasteiger partial charge in [-0.05, 0) is 43.7 Å². The SMILES string of the molecule is Clc1ccc(-c2nnc(CN3CCCC[C@@H]3C3OCCO3)o2)cc1. The van der Waals surface area contributed by atoms with Crippen molar-refractivity contribution >= 4 is 11.6 Å². The lowest BCUT2D eigenvalue weighted by atomic mass is 10.0. The summed E-state index contributed by atoms with van der Waals surface area (Å²) in [6.45, 7) is 2.97. The Bertz CT molecular complexity index is 670. The van der Waals surface area contributed by atoms with Gasteiger partial charge in [0.1, 0.15) is 0 Å². The van der Waals surface area contributed by atoms with E-state index in [2.05, 4.69) is 15.1 Å². The van der Waals surface area contributed by atoms with Gasteiger partial charge < -0.3 is 13.9 Å². The molecule has 1 aromatic carbocycles. The van der Waals surface area contributed by atoms with Crippen LogP contribution in [0, 0.1) is 0 Å². The summed E-state index contributed by atoms with van der Waals surface area (Å²) in [7, 11) is 0. The van der Waals surface area contributed by atoms with Crippen LogP contribution in [-0.4, -0.2) is 47.2 Å². The number of aromatic nitrogens is 2. The van der Waals surface area contributed by atoms with E-state index in [0.717, 1.165) is 18.5 Å². The van der Waals surface area contributed by atoms with Crippen LogP contribution in [0.4, 0.5) is 0 Å². The minimum Gasteiger partial charge on any atom is -0.419 e. The van der Waals surface area contributed by atoms with Crippen molar-refractivity contribution in [1.82, 2.24) is 15.1 Å². The molecule has 0 spiro atoms. The molecule has 128 valence electrons. The lowest BCUT2D eigenvalue weighted by molar-refractivity contribution is -0.112. The number of rotatable bonds is 4. The van der Waals surface area contributed by atoms with Crippen molar-refractivity contribution in [2.45, 2.75) is 38.1 Å². The van der Waals surface area contributed by atoms with E-state index in [9.17, 15) is 0 Å². The van der Waals surface area contributed by atoms with Crippen LogP contribution in [0.15, 0.2) is 28.7 Å². The highest BCUT2D eigenvalue weighted by atomic mass is 35.5. The lowest BCUT2D eigenvalue weighted by Crippen LogP contribution is -2.46. The summed E-state index contributed by atoms with van der Waals surface area (Å²) in [4.78, 5) is 2.33. The maximum Gasteiger partial charge on any atom is 0.247 e. The van der Waals surface area contributed by atoms with Crippen LogP contribution in [0.3, 0.4) is 0 Å². The zero-order valence-corrected chi connectivity index (χ0v) is 14.1. The van der Waals surface area contributed by atoms with Crippen molar-refractivity contribution < 1.29 is 13.9 Å². The van der Waals surface area contributed by atoms with Crippen molar-refractivity contribution in [3.05, 3.63) is 35.2 Å². The van der Waals surface area contributed by atoms with Crippen molar-refractivity contribution in [3.8, 4) is 11.5 Å². The summed E-state index contributed by atoms with van der Waals surface area (Å²) in [5.74, 6) is 1.13. The van der Waals surface area contributed by atoms with Gasteiger partial charge in [0.25, 0.3) is 0 Å². The lowest BCUT2D eigenvalue weighted by Gasteiger charge is -2.37. The molecule has 7 heteroatoms. The van der Waals surface area contributed by atoms with Crippen LogP contribution >= 0.6 is 11.6 Å². The van der Waals surface area contributed by atoms with E-state index in [1.807, 2.05) is 24.3 Å². The third-order valence-electron chi connectivity index (χ3n) is 4.52. The third kappa shape index (κ3) is 3.47. The minimum absolute atomic E-state index is 0.135. The Kier molecular flexibility index (Phi) is 4.80. The van der Waals surface area contributed by atoms with Gasteiger partial charge in [-0.15, -0.1) is 10.2 Å². The quantitative estimate of drug-likeness (QED) is 0.845. The Hall–Kier alpha value is -1.47. The number of ether oxygens (including phenoxy) is 2. The van der Waals surface area contributed by atoms with Gasteiger partial charge in [0.2, 0.25) is 11.8 Å². The molecule has 0 N–H and O–H groups in total. The number of likely N-dealkylation sites (tertiary alicyclic amines) is 1. The fourth-order valence-electron chi connectivity index (χ4n) is 3.32. The van der Waals surface area contributed by atoms with Gasteiger partial charge in [-0.3, -0.25) is 4.90 Å². The van der Waals surface area contributed by atoms with E-state index in [1.165, 1.54) is 12.8 Å². The average molecular weight is 350 g/mol. The summed E-state index contributed by atoms with van der Waals surface area (Å²) in [6, 6.07) is 7.64. The zero-order chi connectivity index (χ0) is 16.4. The largest absolute Gasteiger partial charge is 0.419 e. The van der Waals surface area contributed by atoms with Gasteiger partial charge in [-0.1, -0.05) is 18.0 Å². The summed E-state index contributed by atoms with van der Waals surface area (Å²) >= 11 is 5.91. The minimum atomic E-state index is -0.135. The molecule has 6 nitrogen and oxygen atoms in total. The van der Waals surface area contributed by atoms with Crippen molar-refractivity contribution in [1.29, 1.82) is 0 Å². The molecular formula is C17H20ClN3O3. The summed E-state index contributed by atoms with van der Waals surface area (Å²) < 4.78 is 17.2. The maximum atomic E-state index is 5.91. The molecule has 2 aromatic rings. The van der Waals surface area contributed by atoms with Crippen LogP contribution < -0.4 is 0 Å². The first-order chi connectivity index (χ1) is 11.8. The first kappa shape index (κ1) is 16.0. The maximum absolute atomic E-state index is 5.91. The molecule has 24 heavy (non-hydrogen) atoms. The molecule has 1 aromatic heterocycles. The van der Waals surface area contributed by atoms with Gasteiger partial charge in [-0.25, -0.2) is 0 Å². The Morgan fingerprint density at radius 2 is 1.88 bits per heavy atom. The van der Waals surface area contributed by atoms with Crippen LogP contribution in [0.25, 0.3) is 11.5 Å². The second-order valence-corrected chi connectivity index (χ2v) is 6.59. The molecule has 2 saturated heterocycles. The number of benzene rings is 1. The van der Waals surface area contributed by atoms with Gasteiger partial charge >= 0.3 is 0 Å². The Morgan fingerprint density at radius 1 is 1.08 bits per heavy atom. The topological polar surface area (TPSA) is 60.6 Å². The number of nitrogens with zero attached hydrogens (tertiary/aromatic N) is 3. The summed E-state index contributed by atoms with van der Waals surface area (Å²) in [5.41, 5.74) is 0.871. The van der Waals surface area contributed by atoms with E-state index >= 15 is 0 Å². The molecule has 2 fully saturated rings. The molecular weight excluding hydrogens is 330 g/mol. The Morgan fingerprint density at radius 3 is 2.67 bits per heavy atom. The normalized spacial score (nSPS) is 23.0. The highest BCUT2D eigenvalue weighted by Crippen LogP contribution is 2.27. The van der Waals surface area contributed by atoms with E-state index in [-0.39, 0.29) is 12.3 Å².